The van der Waals surface area contributed by atoms with Gasteiger partial charge < -0.3 is 15.5 Å². The van der Waals surface area contributed by atoms with Crippen LogP contribution < -0.4 is 15.5 Å². The number of anilines is 2. The molecule has 1 saturated heterocycles. The molecule has 1 aliphatic heterocycles. The van der Waals surface area contributed by atoms with E-state index in [1.807, 2.05) is 31.1 Å². The molecule has 0 aromatic heterocycles. The molecule has 0 unspecified atom stereocenters. The van der Waals surface area contributed by atoms with Crippen LogP contribution in [0.15, 0.2) is 18.2 Å². The molecule has 0 aliphatic carbocycles. The van der Waals surface area contributed by atoms with Crippen molar-refractivity contribution in [3.63, 3.8) is 0 Å². The van der Waals surface area contributed by atoms with Gasteiger partial charge in [-0.3, -0.25) is 4.79 Å². The molecule has 2 N–H and O–H groups in total. The van der Waals surface area contributed by atoms with Gasteiger partial charge in [-0.2, -0.15) is 0 Å². The maximum Gasteiger partial charge on any atom is 0.241 e. The SMILES string of the molecule is CN(C)c1ccc(NC(=O)[C@H]2CCCCN2)cc1Cl. The van der Waals surface area contributed by atoms with Crippen LogP contribution in [0, 0.1) is 0 Å². The molecule has 1 fully saturated rings. The number of nitrogens with zero attached hydrogens (tertiary/aromatic N) is 1. The largest absolute Gasteiger partial charge is 0.376 e. The summed E-state index contributed by atoms with van der Waals surface area (Å²) in [6.45, 7) is 0.915. The Hall–Kier alpha value is -1.26. The summed E-state index contributed by atoms with van der Waals surface area (Å²) in [6.07, 6.45) is 3.15. The summed E-state index contributed by atoms with van der Waals surface area (Å²) in [6, 6.07) is 5.49. The third-order valence-corrected chi connectivity index (χ3v) is 3.63. The van der Waals surface area contributed by atoms with Crippen molar-refractivity contribution in [3.8, 4) is 0 Å². The van der Waals surface area contributed by atoms with Gasteiger partial charge >= 0.3 is 0 Å². The molecule has 1 heterocycles. The highest BCUT2D eigenvalue weighted by atomic mass is 35.5. The predicted octanol–water partition coefficient (Wildman–Crippen LogP) is 2.49. The highest BCUT2D eigenvalue weighted by Gasteiger charge is 2.20. The normalized spacial score (nSPS) is 19.0. The number of nitrogens with one attached hydrogen (secondary N) is 2. The van der Waals surface area contributed by atoms with Crippen LogP contribution >= 0.6 is 11.6 Å². The third-order valence-electron chi connectivity index (χ3n) is 3.32. The fourth-order valence-electron chi connectivity index (χ4n) is 2.25. The third kappa shape index (κ3) is 3.61. The molecule has 5 heteroatoms. The number of carbonyl (C=O) groups is 1. The molecule has 1 aliphatic rings. The quantitative estimate of drug-likeness (QED) is 0.895. The van der Waals surface area contributed by atoms with Crippen LogP contribution in [0.4, 0.5) is 11.4 Å². The Morgan fingerprint density at radius 2 is 2.21 bits per heavy atom. The minimum absolute atomic E-state index is 0.0216. The van der Waals surface area contributed by atoms with E-state index in [1.165, 1.54) is 0 Å². The van der Waals surface area contributed by atoms with E-state index in [0.717, 1.165) is 37.2 Å². The van der Waals surface area contributed by atoms with Gasteiger partial charge in [-0.05, 0) is 37.6 Å². The van der Waals surface area contributed by atoms with Gasteiger partial charge in [0.05, 0.1) is 16.8 Å². The van der Waals surface area contributed by atoms with Gasteiger partial charge in [-0.1, -0.05) is 18.0 Å². The summed E-state index contributed by atoms with van der Waals surface area (Å²) < 4.78 is 0. The van der Waals surface area contributed by atoms with Crippen LogP contribution in [-0.4, -0.2) is 32.6 Å². The minimum atomic E-state index is -0.0824. The number of amides is 1. The van der Waals surface area contributed by atoms with Crippen molar-refractivity contribution in [2.75, 3.05) is 30.9 Å². The number of halogens is 1. The number of piperidine rings is 1. The number of hydrogen-bond donors (Lipinski definition) is 2. The number of hydrogen-bond acceptors (Lipinski definition) is 3. The van der Waals surface area contributed by atoms with Crippen molar-refractivity contribution < 1.29 is 4.79 Å². The summed E-state index contributed by atoms with van der Waals surface area (Å²) >= 11 is 6.19. The number of rotatable bonds is 3. The van der Waals surface area contributed by atoms with Crippen molar-refractivity contribution >= 4 is 28.9 Å². The topological polar surface area (TPSA) is 44.4 Å². The van der Waals surface area contributed by atoms with E-state index < -0.39 is 0 Å². The van der Waals surface area contributed by atoms with Crippen LogP contribution in [0.5, 0.6) is 0 Å². The van der Waals surface area contributed by atoms with E-state index in [0.29, 0.717) is 5.02 Å². The van der Waals surface area contributed by atoms with E-state index in [4.69, 9.17) is 11.6 Å². The fourth-order valence-corrected chi connectivity index (χ4v) is 2.60. The van der Waals surface area contributed by atoms with Gasteiger partial charge in [-0.25, -0.2) is 0 Å². The molecule has 104 valence electrons. The molecule has 0 saturated carbocycles. The van der Waals surface area contributed by atoms with Crippen LogP contribution in [-0.2, 0) is 4.79 Å². The molecule has 2 rings (SSSR count). The second-order valence-corrected chi connectivity index (χ2v) is 5.46. The van der Waals surface area contributed by atoms with Gasteiger partial charge in [0.15, 0.2) is 0 Å². The second-order valence-electron chi connectivity index (χ2n) is 5.05. The summed E-state index contributed by atoms with van der Waals surface area (Å²) in [5.41, 5.74) is 1.68. The van der Waals surface area contributed by atoms with E-state index in [9.17, 15) is 4.79 Å². The first-order valence-electron chi connectivity index (χ1n) is 6.59. The van der Waals surface area contributed by atoms with E-state index in [2.05, 4.69) is 10.6 Å². The first-order valence-corrected chi connectivity index (χ1v) is 6.97. The maximum absolute atomic E-state index is 12.1. The Morgan fingerprint density at radius 3 is 2.79 bits per heavy atom. The predicted molar refractivity (Wildman–Crippen MR) is 80.1 cm³/mol. The fraction of sp³-hybridized carbons (Fsp3) is 0.500. The number of carbonyl (C=O) groups excluding carboxylic acids is 1. The van der Waals surface area contributed by atoms with Gasteiger partial charge in [0.2, 0.25) is 5.91 Å². The van der Waals surface area contributed by atoms with Crippen LogP contribution in [0.25, 0.3) is 0 Å². The van der Waals surface area contributed by atoms with Crippen molar-refractivity contribution in [1.29, 1.82) is 0 Å². The zero-order valence-corrected chi connectivity index (χ0v) is 12.1. The zero-order chi connectivity index (χ0) is 13.8. The van der Waals surface area contributed by atoms with Gasteiger partial charge in [0, 0.05) is 19.8 Å². The summed E-state index contributed by atoms with van der Waals surface area (Å²) in [7, 11) is 3.87. The lowest BCUT2D eigenvalue weighted by Crippen LogP contribution is -2.43. The molecule has 1 aromatic carbocycles. The summed E-state index contributed by atoms with van der Waals surface area (Å²) in [5, 5.41) is 6.78. The Bertz CT molecular complexity index is 456. The molecule has 0 radical (unpaired) electrons. The van der Waals surface area contributed by atoms with Crippen LogP contribution in [0.2, 0.25) is 5.02 Å². The van der Waals surface area contributed by atoms with Crippen molar-refractivity contribution in [2.24, 2.45) is 0 Å². The van der Waals surface area contributed by atoms with Crippen molar-refractivity contribution in [1.82, 2.24) is 5.32 Å². The maximum atomic E-state index is 12.1. The molecule has 1 atom stereocenters. The van der Waals surface area contributed by atoms with Crippen molar-refractivity contribution in [3.05, 3.63) is 23.2 Å². The first-order chi connectivity index (χ1) is 9.08. The molecule has 1 aromatic rings. The second kappa shape index (κ2) is 6.26. The molecule has 0 bridgehead atoms. The Balaban J connectivity index is 2.02. The highest BCUT2D eigenvalue weighted by Crippen LogP contribution is 2.27. The zero-order valence-electron chi connectivity index (χ0n) is 11.4. The van der Waals surface area contributed by atoms with E-state index in [-0.39, 0.29) is 11.9 Å². The highest BCUT2D eigenvalue weighted by molar-refractivity contribution is 6.33. The average molecular weight is 282 g/mol. The molecule has 1 amide bonds. The summed E-state index contributed by atoms with van der Waals surface area (Å²) in [5.74, 6) is 0.0216. The lowest BCUT2D eigenvalue weighted by Gasteiger charge is -2.23. The smallest absolute Gasteiger partial charge is 0.241 e. The Labute approximate surface area is 119 Å². The van der Waals surface area contributed by atoms with Gasteiger partial charge in [-0.15, -0.1) is 0 Å². The average Bonchev–Trinajstić information content (AvgIpc) is 2.39. The van der Waals surface area contributed by atoms with Crippen LogP contribution in [0.3, 0.4) is 0 Å². The minimum Gasteiger partial charge on any atom is -0.376 e. The Morgan fingerprint density at radius 1 is 1.42 bits per heavy atom. The van der Waals surface area contributed by atoms with E-state index in [1.54, 1.807) is 6.07 Å². The first kappa shape index (κ1) is 14.2. The van der Waals surface area contributed by atoms with Gasteiger partial charge in [0.1, 0.15) is 0 Å². The molecule has 0 spiro atoms. The standard InChI is InChI=1S/C14H20ClN3O/c1-18(2)13-7-6-10(9-11(13)15)17-14(19)12-5-3-4-8-16-12/h6-7,9,12,16H,3-5,8H2,1-2H3,(H,17,19)/t12-/m1/s1. The van der Waals surface area contributed by atoms with E-state index >= 15 is 0 Å². The van der Waals surface area contributed by atoms with Gasteiger partial charge in [0.25, 0.3) is 0 Å². The van der Waals surface area contributed by atoms with Crippen molar-refractivity contribution in [2.45, 2.75) is 25.3 Å². The van der Waals surface area contributed by atoms with Crippen LogP contribution in [0.1, 0.15) is 19.3 Å². The molecular formula is C14H20ClN3O. The molecule has 4 nitrogen and oxygen atoms in total. The lowest BCUT2D eigenvalue weighted by atomic mass is 10.0. The summed E-state index contributed by atoms with van der Waals surface area (Å²) in [4.78, 5) is 14.0. The lowest BCUT2D eigenvalue weighted by molar-refractivity contribution is -0.118. The monoisotopic (exact) mass is 281 g/mol. The number of benzene rings is 1. The molecule has 19 heavy (non-hydrogen) atoms. The Kier molecular flexibility index (Phi) is 4.66. The molecular weight excluding hydrogens is 262 g/mol.